The summed E-state index contributed by atoms with van der Waals surface area (Å²) in [4.78, 5) is 5.10. The molecule has 0 amide bonds. The van der Waals surface area contributed by atoms with Gasteiger partial charge in [-0.3, -0.25) is 4.90 Å². The Balaban J connectivity index is 1.94. The molecule has 1 saturated heterocycles. The van der Waals surface area contributed by atoms with E-state index in [2.05, 4.69) is 48.0 Å². The summed E-state index contributed by atoms with van der Waals surface area (Å²) in [5, 5.41) is 0. The van der Waals surface area contributed by atoms with Gasteiger partial charge in [0.05, 0.1) is 0 Å². The van der Waals surface area contributed by atoms with E-state index in [0.717, 1.165) is 6.54 Å². The second-order valence-corrected chi connectivity index (χ2v) is 4.93. The third kappa shape index (κ3) is 1.40. The van der Waals surface area contributed by atoms with E-state index >= 15 is 0 Å². The lowest BCUT2D eigenvalue weighted by molar-refractivity contribution is 0.0595. The second kappa shape index (κ2) is 3.32. The summed E-state index contributed by atoms with van der Waals surface area (Å²) in [5.74, 6) is 0. The minimum Gasteiger partial charge on any atom is -0.301 e. The maximum absolute atomic E-state index is 2.62. The minimum atomic E-state index is 0.641. The first-order chi connectivity index (χ1) is 7.25. The Morgan fingerprint density at radius 1 is 1.20 bits per heavy atom. The molecule has 2 unspecified atom stereocenters. The van der Waals surface area contributed by atoms with Crippen molar-refractivity contribution in [3.8, 4) is 0 Å². The second-order valence-electron chi connectivity index (χ2n) is 4.93. The van der Waals surface area contributed by atoms with E-state index in [9.17, 15) is 0 Å². The van der Waals surface area contributed by atoms with Crippen LogP contribution in [-0.2, 0) is 6.54 Å². The van der Waals surface area contributed by atoms with Crippen molar-refractivity contribution in [3.05, 3.63) is 35.4 Å². The van der Waals surface area contributed by atoms with Crippen molar-refractivity contribution in [1.82, 2.24) is 9.80 Å². The van der Waals surface area contributed by atoms with Gasteiger partial charge in [0.2, 0.25) is 0 Å². The van der Waals surface area contributed by atoms with E-state index in [1.165, 1.54) is 18.7 Å². The lowest BCUT2D eigenvalue weighted by atomic mass is 10.0. The Morgan fingerprint density at radius 2 is 2.00 bits per heavy atom. The number of rotatable bonds is 0. The van der Waals surface area contributed by atoms with Crippen LogP contribution in [0.3, 0.4) is 0 Å². The maximum atomic E-state index is 2.62. The Morgan fingerprint density at radius 3 is 2.87 bits per heavy atom. The first kappa shape index (κ1) is 9.37. The molecule has 0 aliphatic carbocycles. The number of nitrogens with zero attached hydrogens (tertiary/aromatic N) is 2. The summed E-state index contributed by atoms with van der Waals surface area (Å²) < 4.78 is 0. The molecule has 2 aliphatic rings. The lowest BCUT2D eigenvalue weighted by Gasteiger charge is -2.40. The molecule has 2 nitrogen and oxygen atoms in total. The van der Waals surface area contributed by atoms with Crippen LogP contribution in [0.5, 0.6) is 0 Å². The molecule has 0 radical (unpaired) electrons. The van der Waals surface area contributed by atoms with Crippen molar-refractivity contribution >= 4 is 0 Å². The summed E-state index contributed by atoms with van der Waals surface area (Å²) in [6.07, 6.45) is 0. The van der Waals surface area contributed by atoms with Gasteiger partial charge in [0.15, 0.2) is 0 Å². The molecule has 1 aromatic carbocycles. The highest BCUT2D eigenvalue weighted by atomic mass is 15.3. The van der Waals surface area contributed by atoms with Crippen LogP contribution in [0.4, 0.5) is 0 Å². The van der Waals surface area contributed by atoms with E-state index in [1.54, 1.807) is 5.56 Å². The van der Waals surface area contributed by atoms with Crippen LogP contribution >= 0.6 is 0 Å². The molecule has 1 aromatic rings. The Kier molecular flexibility index (Phi) is 2.08. The van der Waals surface area contributed by atoms with Gasteiger partial charge in [0.1, 0.15) is 0 Å². The SMILES string of the molecule is CC1CN2Cc3ccccc3C2CN1C. The fourth-order valence-corrected chi connectivity index (χ4v) is 2.87. The van der Waals surface area contributed by atoms with Gasteiger partial charge < -0.3 is 4.90 Å². The number of hydrogen-bond acceptors (Lipinski definition) is 2. The molecular weight excluding hydrogens is 184 g/mol. The first-order valence-corrected chi connectivity index (χ1v) is 5.78. The fourth-order valence-electron chi connectivity index (χ4n) is 2.87. The number of benzene rings is 1. The van der Waals surface area contributed by atoms with Gasteiger partial charge in [0, 0.05) is 31.7 Å². The molecule has 1 fully saturated rings. The van der Waals surface area contributed by atoms with Crippen LogP contribution in [0.25, 0.3) is 0 Å². The van der Waals surface area contributed by atoms with Gasteiger partial charge in [-0.1, -0.05) is 24.3 Å². The zero-order valence-electron chi connectivity index (χ0n) is 9.48. The first-order valence-electron chi connectivity index (χ1n) is 5.78. The summed E-state index contributed by atoms with van der Waals surface area (Å²) in [5.41, 5.74) is 3.08. The van der Waals surface area contributed by atoms with Gasteiger partial charge in [-0.05, 0) is 25.1 Å². The fraction of sp³-hybridized carbons (Fsp3) is 0.538. The van der Waals surface area contributed by atoms with Crippen molar-refractivity contribution in [2.24, 2.45) is 0 Å². The molecule has 0 N–H and O–H groups in total. The van der Waals surface area contributed by atoms with E-state index in [0.29, 0.717) is 12.1 Å². The van der Waals surface area contributed by atoms with Crippen LogP contribution < -0.4 is 0 Å². The largest absolute Gasteiger partial charge is 0.301 e. The van der Waals surface area contributed by atoms with Crippen LogP contribution in [0.2, 0.25) is 0 Å². The zero-order valence-corrected chi connectivity index (χ0v) is 9.48. The summed E-state index contributed by atoms with van der Waals surface area (Å²) in [7, 11) is 2.24. The molecule has 80 valence electrons. The zero-order chi connectivity index (χ0) is 10.4. The summed E-state index contributed by atoms with van der Waals surface area (Å²) in [6.45, 7) is 5.85. The predicted octanol–water partition coefficient (Wildman–Crippen LogP) is 1.88. The van der Waals surface area contributed by atoms with Crippen LogP contribution in [0, 0.1) is 0 Å². The molecule has 0 bridgehead atoms. The van der Waals surface area contributed by atoms with Gasteiger partial charge >= 0.3 is 0 Å². The van der Waals surface area contributed by atoms with E-state index in [1.807, 2.05) is 0 Å². The predicted molar refractivity (Wildman–Crippen MR) is 61.7 cm³/mol. The monoisotopic (exact) mass is 202 g/mol. The molecule has 3 rings (SSSR count). The molecule has 15 heavy (non-hydrogen) atoms. The highest BCUT2D eigenvalue weighted by Crippen LogP contribution is 2.36. The average Bonchev–Trinajstić information content (AvgIpc) is 2.57. The van der Waals surface area contributed by atoms with Crippen molar-refractivity contribution in [2.45, 2.75) is 25.6 Å². The van der Waals surface area contributed by atoms with Gasteiger partial charge in [-0.2, -0.15) is 0 Å². The normalized spacial score (nSPS) is 31.3. The summed E-state index contributed by atoms with van der Waals surface area (Å²) >= 11 is 0. The third-order valence-corrected chi connectivity index (χ3v) is 3.94. The number of hydrogen-bond donors (Lipinski definition) is 0. The standard InChI is InChI=1S/C13H18N2/c1-10-7-15-8-11-5-3-4-6-12(11)13(15)9-14(10)2/h3-6,10,13H,7-9H2,1-2H3. The van der Waals surface area contributed by atoms with Crippen molar-refractivity contribution in [1.29, 1.82) is 0 Å². The molecule has 0 aromatic heterocycles. The molecule has 0 saturated carbocycles. The van der Waals surface area contributed by atoms with Crippen molar-refractivity contribution in [3.63, 3.8) is 0 Å². The van der Waals surface area contributed by atoms with Gasteiger partial charge in [0.25, 0.3) is 0 Å². The third-order valence-electron chi connectivity index (χ3n) is 3.94. The lowest BCUT2D eigenvalue weighted by Crippen LogP contribution is -2.49. The topological polar surface area (TPSA) is 6.48 Å². The molecular formula is C13H18N2. The molecule has 2 aliphatic heterocycles. The maximum Gasteiger partial charge on any atom is 0.0482 e. The van der Waals surface area contributed by atoms with Gasteiger partial charge in [-0.25, -0.2) is 0 Å². The Labute approximate surface area is 91.5 Å². The quantitative estimate of drug-likeness (QED) is 0.634. The van der Waals surface area contributed by atoms with Crippen molar-refractivity contribution < 1.29 is 0 Å². The van der Waals surface area contributed by atoms with E-state index in [4.69, 9.17) is 0 Å². The Bertz CT molecular complexity index is 375. The van der Waals surface area contributed by atoms with E-state index in [-0.39, 0.29) is 0 Å². The molecule has 2 heteroatoms. The molecule has 2 atom stereocenters. The number of piperazine rings is 1. The van der Waals surface area contributed by atoms with Crippen LogP contribution in [0.15, 0.2) is 24.3 Å². The average molecular weight is 202 g/mol. The smallest absolute Gasteiger partial charge is 0.0482 e. The minimum absolute atomic E-state index is 0.641. The van der Waals surface area contributed by atoms with Crippen molar-refractivity contribution in [2.75, 3.05) is 20.1 Å². The number of likely N-dealkylation sites (N-methyl/N-ethyl adjacent to an activating group) is 1. The van der Waals surface area contributed by atoms with E-state index < -0.39 is 0 Å². The summed E-state index contributed by atoms with van der Waals surface area (Å²) in [6, 6.07) is 10.2. The van der Waals surface area contributed by atoms with Gasteiger partial charge in [-0.15, -0.1) is 0 Å². The molecule has 2 heterocycles. The van der Waals surface area contributed by atoms with Crippen LogP contribution in [-0.4, -0.2) is 36.0 Å². The molecule has 0 spiro atoms. The highest BCUT2D eigenvalue weighted by Gasteiger charge is 2.35. The Hall–Kier alpha value is -0.860. The number of fused-ring (bicyclic) bond motifs is 3. The highest BCUT2D eigenvalue weighted by molar-refractivity contribution is 5.34. The van der Waals surface area contributed by atoms with Crippen LogP contribution in [0.1, 0.15) is 24.1 Å².